The van der Waals surface area contributed by atoms with Crippen molar-refractivity contribution in [3.05, 3.63) is 40.5 Å². The van der Waals surface area contributed by atoms with Crippen molar-refractivity contribution in [2.24, 2.45) is 0 Å². The molecule has 1 rings (SSSR count). The molecule has 0 aliphatic carbocycles. The summed E-state index contributed by atoms with van der Waals surface area (Å²) in [7, 11) is 0. The summed E-state index contributed by atoms with van der Waals surface area (Å²) in [5.74, 6) is 0.772. The lowest BCUT2D eigenvalue weighted by Crippen LogP contribution is -1.97. The first-order valence-electron chi connectivity index (χ1n) is 3.49. The van der Waals surface area contributed by atoms with Gasteiger partial charge in [0, 0.05) is 16.3 Å². The van der Waals surface area contributed by atoms with Crippen molar-refractivity contribution in [3.8, 4) is 0 Å². The predicted molar refractivity (Wildman–Crippen MR) is 53.2 cm³/mol. The standard InChI is InChI=1S/C9H8BrClF/c1-6(5-10)8-4-7(12)2-3-9(8)11/h2-4H,5H2,1H3. The second-order valence-electron chi connectivity index (χ2n) is 2.54. The molecule has 3 heteroatoms. The molecule has 0 nitrogen and oxygen atoms in total. The van der Waals surface area contributed by atoms with Crippen molar-refractivity contribution >= 4 is 27.5 Å². The van der Waals surface area contributed by atoms with Crippen LogP contribution in [0.3, 0.4) is 0 Å². The molecule has 0 unspecified atom stereocenters. The van der Waals surface area contributed by atoms with Crippen molar-refractivity contribution in [1.29, 1.82) is 0 Å². The number of hydrogen-bond donors (Lipinski definition) is 0. The molecule has 0 heterocycles. The zero-order valence-electron chi connectivity index (χ0n) is 6.57. The van der Waals surface area contributed by atoms with E-state index in [4.69, 9.17) is 11.6 Å². The van der Waals surface area contributed by atoms with Gasteiger partial charge in [0.2, 0.25) is 0 Å². The van der Waals surface area contributed by atoms with Crippen LogP contribution in [0, 0.1) is 11.7 Å². The van der Waals surface area contributed by atoms with Crippen LogP contribution in [0.5, 0.6) is 0 Å². The van der Waals surface area contributed by atoms with Gasteiger partial charge in [-0.05, 0) is 23.8 Å². The number of alkyl halides is 1. The van der Waals surface area contributed by atoms with Crippen molar-refractivity contribution in [3.63, 3.8) is 0 Å². The van der Waals surface area contributed by atoms with Crippen LogP contribution in [-0.2, 0) is 0 Å². The highest BCUT2D eigenvalue weighted by atomic mass is 79.9. The lowest BCUT2D eigenvalue weighted by Gasteiger charge is -2.08. The van der Waals surface area contributed by atoms with Crippen LogP contribution in [0.25, 0.3) is 0 Å². The van der Waals surface area contributed by atoms with Gasteiger partial charge in [-0.25, -0.2) is 4.39 Å². The van der Waals surface area contributed by atoms with Gasteiger partial charge in [-0.3, -0.25) is 0 Å². The first kappa shape index (κ1) is 10.0. The second kappa shape index (κ2) is 4.24. The van der Waals surface area contributed by atoms with E-state index in [2.05, 4.69) is 15.9 Å². The molecule has 1 radical (unpaired) electrons. The van der Waals surface area contributed by atoms with Crippen LogP contribution in [0.15, 0.2) is 18.2 Å². The van der Waals surface area contributed by atoms with Crippen molar-refractivity contribution in [2.45, 2.75) is 6.92 Å². The molecule has 12 heavy (non-hydrogen) atoms. The van der Waals surface area contributed by atoms with Gasteiger partial charge >= 0.3 is 0 Å². The van der Waals surface area contributed by atoms with Crippen LogP contribution < -0.4 is 0 Å². The first-order valence-corrected chi connectivity index (χ1v) is 4.99. The van der Waals surface area contributed by atoms with E-state index in [9.17, 15) is 4.39 Å². The fraction of sp³-hybridized carbons (Fsp3) is 0.222. The topological polar surface area (TPSA) is 0 Å². The molecule has 0 saturated heterocycles. The van der Waals surface area contributed by atoms with Gasteiger partial charge < -0.3 is 0 Å². The largest absolute Gasteiger partial charge is 0.207 e. The Balaban J connectivity index is 3.04. The molecule has 65 valence electrons. The summed E-state index contributed by atoms with van der Waals surface area (Å²) >= 11 is 9.15. The highest BCUT2D eigenvalue weighted by Gasteiger charge is 2.09. The number of rotatable bonds is 2. The van der Waals surface area contributed by atoms with Crippen molar-refractivity contribution < 1.29 is 4.39 Å². The monoisotopic (exact) mass is 249 g/mol. The van der Waals surface area contributed by atoms with Gasteiger partial charge in [0.1, 0.15) is 5.82 Å². The van der Waals surface area contributed by atoms with E-state index >= 15 is 0 Å². The van der Waals surface area contributed by atoms with Crippen molar-refractivity contribution in [2.75, 3.05) is 5.33 Å². The van der Waals surface area contributed by atoms with E-state index in [1.54, 1.807) is 6.07 Å². The molecule has 0 saturated carbocycles. The molecule has 0 spiro atoms. The van der Waals surface area contributed by atoms with E-state index < -0.39 is 0 Å². The Hall–Kier alpha value is -0.0800. The van der Waals surface area contributed by atoms with Gasteiger partial charge in [0.15, 0.2) is 0 Å². The molecule has 0 fully saturated rings. The summed E-state index contributed by atoms with van der Waals surface area (Å²) in [6, 6.07) is 4.37. The van der Waals surface area contributed by atoms with Gasteiger partial charge in [0.25, 0.3) is 0 Å². The Morgan fingerprint density at radius 1 is 1.58 bits per heavy atom. The maximum absolute atomic E-state index is 12.8. The highest BCUT2D eigenvalue weighted by molar-refractivity contribution is 9.09. The zero-order valence-corrected chi connectivity index (χ0v) is 8.91. The summed E-state index contributed by atoms with van der Waals surface area (Å²) in [4.78, 5) is 0. The minimum Gasteiger partial charge on any atom is -0.207 e. The minimum atomic E-state index is -0.255. The third kappa shape index (κ3) is 2.20. The Morgan fingerprint density at radius 3 is 2.83 bits per heavy atom. The molecule has 0 aliphatic rings. The molecule has 0 atom stereocenters. The molecule has 0 bridgehead atoms. The van der Waals surface area contributed by atoms with Crippen LogP contribution in [0.4, 0.5) is 4.39 Å². The molecular weight excluding hydrogens is 242 g/mol. The van der Waals surface area contributed by atoms with Gasteiger partial charge in [0.05, 0.1) is 0 Å². The van der Waals surface area contributed by atoms with Crippen LogP contribution in [-0.4, -0.2) is 5.33 Å². The highest BCUT2D eigenvalue weighted by Crippen LogP contribution is 2.25. The third-order valence-corrected chi connectivity index (χ3v) is 2.76. The molecule has 1 aromatic carbocycles. The zero-order chi connectivity index (χ0) is 9.14. The average Bonchev–Trinajstić information content (AvgIpc) is 2.08. The summed E-state index contributed by atoms with van der Waals surface area (Å²) in [5.41, 5.74) is 0.772. The predicted octanol–water partition coefficient (Wildman–Crippen LogP) is 3.82. The molecule has 0 aromatic heterocycles. The van der Waals surface area contributed by atoms with E-state index in [1.165, 1.54) is 12.1 Å². The minimum absolute atomic E-state index is 0.255. The maximum atomic E-state index is 12.8. The Morgan fingerprint density at radius 2 is 2.25 bits per heavy atom. The Kier molecular flexibility index (Phi) is 3.53. The van der Waals surface area contributed by atoms with E-state index in [-0.39, 0.29) is 5.82 Å². The van der Waals surface area contributed by atoms with E-state index in [0.29, 0.717) is 10.4 Å². The number of benzene rings is 1. The molecule has 0 aliphatic heterocycles. The van der Waals surface area contributed by atoms with Crippen LogP contribution >= 0.6 is 27.5 Å². The van der Waals surface area contributed by atoms with Gasteiger partial charge in [-0.1, -0.05) is 34.5 Å². The maximum Gasteiger partial charge on any atom is 0.123 e. The number of hydrogen-bond acceptors (Lipinski definition) is 0. The Labute approximate surface area is 84.9 Å². The van der Waals surface area contributed by atoms with Crippen LogP contribution in [0.1, 0.15) is 12.5 Å². The first-order chi connectivity index (χ1) is 5.65. The molecule has 1 aromatic rings. The van der Waals surface area contributed by atoms with Crippen LogP contribution in [0.2, 0.25) is 5.02 Å². The molecule has 0 amide bonds. The summed E-state index contributed by atoms with van der Waals surface area (Å²) < 4.78 is 12.8. The Bertz CT molecular complexity index is 275. The fourth-order valence-electron chi connectivity index (χ4n) is 0.897. The van der Waals surface area contributed by atoms with E-state index in [1.807, 2.05) is 6.92 Å². The SMILES string of the molecule is C[C](CBr)c1cc(F)ccc1Cl. The second-order valence-corrected chi connectivity index (χ2v) is 3.51. The lowest BCUT2D eigenvalue weighted by atomic mass is 10.0. The van der Waals surface area contributed by atoms with Crippen molar-refractivity contribution in [1.82, 2.24) is 0 Å². The fourth-order valence-corrected chi connectivity index (χ4v) is 1.48. The smallest absolute Gasteiger partial charge is 0.123 e. The van der Waals surface area contributed by atoms with Gasteiger partial charge in [-0.2, -0.15) is 0 Å². The van der Waals surface area contributed by atoms with E-state index in [0.717, 1.165) is 11.5 Å². The average molecular weight is 251 g/mol. The summed E-state index contributed by atoms with van der Waals surface area (Å²) in [5, 5.41) is 1.30. The number of halogens is 3. The quantitative estimate of drug-likeness (QED) is 0.700. The van der Waals surface area contributed by atoms with Gasteiger partial charge in [-0.15, -0.1) is 0 Å². The molecular formula is C9H8BrClF. The third-order valence-electron chi connectivity index (χ3n) is 1.59. The lowest BCUT2D eigenvalue weighted by molar-refractivity contribution is 0.626. The normalized spacial score (nSPS) is 10.8. The summed E-state index contributed by atoms with van der Waals surface area (Å²) in [6.45, 7) is 1.91. The molecule has 0 N–H and O–H groups in total. The summed E-state index contributed by atoms with van der Waals surface area (Å²) in [6.07, 6.45) is 0.